The van der Waals surface area contributed by atoms with E-state index < -0.39 is 35.4 Å². The highest BCUT2D eigenvalue weighted by Gasteiger charge is 2.27. The molecule has 4 N–H and O–H groups in total. The van der Waals surface area contributed by atoms with Crippen LogP contribution >= 0.6 is 0 Å². The number of carboxylic acid groups (broad SMARTS) is 1. The molecule has 2 aromatic rings. The molecule has 28 heavy (non-hydrogen) atoms. The number of rotatable bonds is 6. The Morgan fingerprint density at radius 1 is 1.14 bits per heavy atom. The summed E-state index contributed by atoms with van der Waals surface area (Å²) >= 11 is 0. The summed E-state index contributed by atoms with van der Waals surface area (Å²) in [7, 11) is 0. The molecule has 0 saturated carbocycles. The first-order chi connectivity index (χ1) is 13.3. The van der Waals surface area contributed by atoms with Gasteiger partial charge >= 0.3 is 5.97 Å². The molecule has 3 rings (SSSR count). The van der Waals surface area contributed by atoms with Crippen molar-refractivity contribution in [3.63, 3.8) is 0 Å². The number of hydrogen-bond acceptors (Lipinski definition) is 3. The third-order valence-corrected chi connectivity index (χ3v) is 4.92. The highest BCUT2D eigenvalue weighted by atomic mass is 19.2. The number of hydrogen-bond donors (Lipinski definition) is 3. The number of anilines is 1. The minimum atomic E-state index is -1.21. The Morgan fingerprint density at radius 2 is 1.89 bits per heavy atom. The summed E-state index contributed by atoms with van der Waals surface area (Å²) in [6, 6.07) is 8.17. The molecule has 2 aromatic carbocycles. The summed E-state index contributed by atoms with van der Waals surface area (Å²) in [5.74, 6) is -4.39. The molecule has 0 spiro atoms. The number of allylic oxidation sites excluding steroid dienone is 1. The minimum Gasteiger partial charge on any atom is -0.481 e. The molecule has 7 heteroatoms. The zero-order chi connectivity index (χ0) is 20.3. The van der Waals surface area contributed by atoms with E-state index in [0.717, 1.165) is 17.3 Å². The van der Waals surface area contributed by atoms with E-state index in [0.29, 0.717) is 31.0 Å². The zero-order valence-electron chi connectivity index (χ0n) is 15.1. The Balaban J connectivity index is 1.65. The number of aliphatic carboxylic acids is 1. The van der Waals surface area contributed by atoms with E-state index in [-0.39, 0.29) is 12.0 Å². The van der Waals surface area contributed by atoms with Gasteiger partial charge in [0.1, 0.15) is 5.82 Å². The third kappa shape index (κ3) is 4.72. The van der Waals surface area contributed by atoms with Gasteiger partial charge in [-0.3, -0.25) is 4.79 Å². The number of nitrogens with two attached hydrogens (primary N) is 1. The monoisotopic (exact) mass is 390 g/mol. The second-order valence-electron chi connectivity index (χ2n) is 6.98. The minimum absolute atomic E-state index is 0.0510. The predicted octanol–water partition coefficient (Wildman–Crippen LogP) is 3.97. The van der Waals surface area contributed by atoms with Gasteiger partial charge in [0.25, 0.3) is 0 Å². The SMILES string of the molecule is N[C@@H]1CC(CNc2cccc(CC(=O)O)c2)=CC[C@H]1c1cc(F)c(F)cc1F. The number of halogens is 3. The molecular weight excluding hydrogens is 369 g/mol. The standard InChI is InChI=1S/C21H21F3N2O2/c22-17-10-19(24)18(23)9-16(17)15-5-4-13(7-20(15)25)11-26-14-3-1-2-12(6-14)8-21(27)28/h1-4,6,9-10,15,20,26H,5,7-8,11,25H2,(H,27,28)/t15-,20+/m0/s1. The van der Waals surface area contributed by atoms with Crippen LogP contribution in [0.25, 0.3) is 0 Å². The topological polar surface area (TPSA) is 75.3 Å². The molecule has 0 amide bonds. The van der Waals surface area contributed by atoms with Crippen LogP contribution in [0.1, 0.15) is 29.9 Å². The summed E-state index contributed by atoms with van der Waals surface area (Å²) < 4.78 is 40.7. The van der Waals surface area contributed by atoms with Crippen LogP contribution in [-0.2, 0) is 11.2 Å². The Bertz CT molecular complexity index is 915. The smallest absolute Gasteiger partial charge is 0.307 e. The first-order valence-electron chi connectivity index (χ1n) is 8.96. The quantitative estimate of drug-likeness (QED) is 0.515. The van der Waals surface area contributed by atoms with Crippen molar-refractivity contribution in [1.29, 1.82) is 0 Å². The second-order valence-corrected chi connectivity index (χ2v) is 6.98. The van der Waals surface area contributed by atoms with E-state index in [4.69, 9.17) is 10.8 Å². The van der Waals surface area contributed by atoms with Gasteiger partial charge in [0, 0.05) is 30.3 Å². The molecule has 2 atom stereocenters. The van der Waals surface area contributed by atoms with Gasteiger partial charge in [-0.1, -0.05) is 23.8 Å². The lowest BCUT2D eigenvalue weighted by molar-refractivity contribution is -0.136. The molecule has 0 bridgehead atoms. The van der Waals surface area contributed by atoms with E-state index >= 15 is 0 Å². The molecule has 0 unspecified atom stereocenters. The third-order valence-electron chi connectivity index (χ3n) is 4.92. The lowest BCUT2D eigenvalue weighted by Crippen LogP contribution is -2.33. The van der Waals surface area contributed by atoms with Crippen LogP contribution in [-0.4, -0.2) is 23.7 Å². The molecule has 4 nitrogen and oxygen atoms in total. The normalized spacial score (nSPS) is 19.2. The van der Waals surface area contributed by atoms with Crippen molar-refractivity contribution < 1.29 is 23.1 Å². The lowest BCUT2D eigenvalue weighted by atomic mass is 9.80. The molecule has 0 fully saturated rings. The molecule has 0 aliphatic heterocycles. The molecule has 0 saturated heterocycles. The number of carboxylic acids is 1. The molecular formula is C21H21F3N2O2. The summed E-state index contributed by atoms with van der Waals surface area (Å²) in [6.45, 7) is 0.511. The van der Waals surface area contributed by atoms with Crippen molar-refractivity contribution >= 4 is 11.7 Å². The maximum Gasteiger partial charge on any atom is 0.307 e. The number of benzene rings is 2. The van der Waals surface area contributed by atoms with Crippen LogP contribution in [0, 0.1) is 17.5 Å². The molecule has 0 aromatic heterocycles. The predicted molar refractivity (Wildman–Crippen MR) is 101 cm³/mol. The van der Waals surface area contributed by atoms with Crippen molar-refractivity contribution in [3.8, 4) is 0 Å². The summed E-state index contributed by atoms with van der Waals surface area (Å²) in [6.07, 6.45) is 2.80. The van der Waals surface area contributed by atoms with Crippen LogP contribution < -0.4 is 11.1 Å². The zero-order valence-corrected chi connectivity index (χ0v) is 15.1. The van der Waals surface area contributed by atoms with E-state index in [2.05, 4.69) is 5.32 Å². The van der Waals surface area contributed by atoms with Crippen molar-refractivity contribution in [1.82, 2.24) is 0 Å². The summed E-state index contributed by atoms with van der Waals surface area (Å²) in [5.41, 5.74) is 8.80. The van der Waals surface area contributed by atoms with E-state index in [1.807, 2.05) is 12.1 Å². The Kier molecular flexibility index (Phi) is 6.04. The lowest BCUT2D eigenvalue weighted by Gasteiger charge is -2.29. The van der Waals surface area contributed by atoms with E-state index in [1.165, 1.54) is 0 Å². The average molecular weight is 390 g/mol. The average Bonchev–Trinajstić information content (AvgIpc) is 2.63. The van der Waals surface area contributed by atoms with Gasteiger partial charge in [0.05, 0.1) is 6.42 Å². The van der Waals surface area contributed by atoms with Gasteiger partial charge in [-0.25, -0.2) is 13.2 Å². The van der Waals surface area contributed by atoms with Gasteiger partial charge in [-0.15, -0.1) is 0 Å². The molecule has 1 aliphatic carbocycles. The van der Waals surface area contributed by atoms with Crippen LogP contribution in [0.2, 0.25) is 0 Å². The van der Waals surface area contributed by atoms with Crippen LogP contribution in [0.3, 0.4) is 0 Å². The summed E-state index contributed by atoms with van der Waals surface area (Å²) in [5, 5.41) is 12.1. The molecule has 0 radical (unpaired) electrons. The first-order valence-corrected chi connectivity index (χ1v) is 8.96. The van der Waals surface area contributed by atoms with Crippen molar-refractivity contribution in [2.75, 3.05) is 11.9 Å². The molecule has 148 valence electrons. The van der Waals surface area contributed by atoms with Crippen LogP contribution in [0.15, 0.2) is 48.0 Å². The number of nitrogens with one attached hydrogen (secondary N) is 1. The van der Waals surface area contributed by atoms with Gasteiger partial charge in [0.15, 0.2) is 11.6 Å². The maximum atomic E-state index is 14.0. The van der Waals surface area contributed by atoms with Crippen LogP contribution in [0.4, 0.5) is 18.9 Å². The Labute approximate surface area is 160 Å². The second kappa shape index (κ2) is 8.48. The first kappa shape index (κ1) is 19.9. The van der Waals surface area contributed by atoms with Crippen molar-refractivity contribution in [2.45, 2.75) is 31.2 Å². The van der Waals surface area contributed by atoms with Gasteiger partial charge in [-0.05, 0) is 42.2 Å². The summed E-state index contributed by atoms with van der Waals surface area (Å²) in [4.78, 5) is 10.8. The molecule has 0 heterocycles. The largest absolute Gasteiger partial charge is 0.481 e. The van der Waals surface area contributed by atoms with Gasteiger partial charge in [-0.2, -0.15) is 0 Å². The fraction of sp³-hybridized carbons (Fsp3) is 0.286. The van der Waals surface area contributed by atoms with E-state index in [9.17, 15) is 18.0 Å². The van der Waals surface area contributed by atoms with Crippen molar-refractivity contribution in [3.05, 3.63) is 76.6 Å². The fourth-order valence-corrected chi connectivity index (χ4v) is 3.50. The highest BCUT2D eigenvalue weighted by Crippen LogP contribution is 2.33. The Hall–Kier alpha value is -2.80. The van der Waals surface area contributed by atoms with Gasteiger partial charge in [0.2, 0.25) is 0 Å². The van der Waals surface area contributed by atoms with Gasteiger partial charge < -0.3 is 16.2 Å². The highest BCUT2D eigenvalue weighted by molar-refractivity contribution is 5.70. The Morgan fingerprint density at radius 3 is 2.61 bits per heavy atom. The van der Waals surface area contributed by atoms with E-state index in [1.54, 1.807) is 18.2 Å². The number of carbonyl (C=O) groups is 1. The molecule has 1 aliphatic rings. The van der Waals surface area contributed by atoms with Crippen LogP contribution in [0.5, 0.6) is 0 Å². The van der Waals surface area contributed by atoms with Crippen molar-refractivity contribution in [2.24, 2.45) is 5.73 Å². The fourth-order valence-electron chi connectivity index (χ4n) is 3.50. The maximum absolute atomic E-state index is 14.0.